The normalized spacial score (nSPS) is 21.2. The fourth-order valence-electron chi connectivity index (χ4n) is 5.91. The van der Waals surface area contributed by atoms with Gasteiger partial charge in [-0.2, -0.15) is 0 Å². The summed E-state index contributed by atoms with van der Waals surface area (Å²) in [4.78, 5) is 36.7. The summed E-state index contributed by atoms with van der Waals surface area (Å²) in [7, 11) is 0. The van der Waals surface area contributed by atoms with Crippen LogP contribution >= 0.6 is 0 Å². The van der Waals surface area contributed by atoms with Crippen molar-refractivity contribution >= 4 is 23.0 Å². The van der Waals surface area contributed by atoms with E-state index < -0.39 is 29.3 Å². The van der Waals surface area contributed by atoms with Crippen LogP contribution in [0.15, 0.2) is 55.1 Å². The Hall–Kier alpha value is -4.31. The first-order chi connectivity index (χ1) is 18.6. The number of amides is 2. The minimum absolute atomic E-state index is 0.171. The first kappa shape index (κ1) is 26.3. The second-order valence-corrected chi connectivity index (χ2v) is 10.3. The molecule has 1 aromatic carbocycles. The van der Waals surface area contributed by atoms with Gasteiger partial charge >= 0.3 is 6.09 Å². The lowest BCUT2D eigenvalue weighted by molar-refractivity contribution is -0.148. The van der Waals surface area contributed by atoms with Gasteiger partial charge in [0.05, 0.1) is 0 Å². The Kier molecular flexibility index (Phi) is 6.82. The van der Waals surface area contributed by atoms with E-state index in [1.54, 1.807) is 39.4 Å². The molecular formula is C29H30FN5O4. The molecule has 4 heterocycles. The molecule has 0 saturated carbocycles. The summed E-state index contributed by atoms with van der Waals surface area (Å²) in [6, 6.07) is 8.97. The number of carboxylic acid groups (broad SMARTS) is 1. The van der Waals surface area contributed by atoms with Crippen molar-refractivity contribution in [3.63, 3.8) is 0 Å². The minimum atomic E-state index is -1.52. The van der Waals surface area contributed by atoms with E-state index in [9.17, 15) is 14.7 Å². The van der Waals surface area contributed by atoms with Crippen LogP contribution < -0.4 is 5.32 Å². The van der Waals surface area contributed by atoms with Gasteiger partial charge in [-0.1, -0.05) is 26.0 Å². The second kappa shape index (κ2) is 10.1. The summed E-state index contributed by atoms with van der Waals surface area (Å²) in [5.74, 6) is -1.91. The lowest BCUT2D eigenvalue weighted by Gasteiger charge is -2.48. The molecule has 2 amide bonds. The predicted molar refractivity (Wildman–Crippen MR) is 144 cm³/mol. The van der Waals surface area contributed by atoms with Crippen molar-refractivity contribution in [2.24, 2.45) is 11.8 Å². The number of pyridine rings is 2. The number of nitrogens with zero attached hydrogens (tertiary/aromatic N) is 3. The van der Waals surface area contributed by atoms with Gasteiger partial charge in [-0.3, -0.25) is 9.78 Å². The summed E-state index contributed by atoms with van der Waals surface area (Å²) < 4.78 is 16.0. The lowest BCUT2D eigenvalue weighted by Crippen LogP contribution is -2.57. The lowest BCUT2D eigenvalue weighted by atomic mass is 9.69. The van der Waals surface area contributed by atoms with Crippen LogP contribution in [-0.4, -0.2) is 61.7 Å². The Bertz CT molecular complexity index is 1520. The quantitative estimate of drug-likeness (QED) is 0.304. The third kappa shape index (κ3) is 4.61. The number of fused-ring (bicyclic) bond motifs is 1. The van der Waals surface area contributed by atoms with Gasteiger partial charge in [0.25, 0.3) is 0 Å². The highest BCUT2D eigenvalue weighted by Gasteiger charge is 2.48. The number of aryl methyl sites for hydroxylation is 1. The molecule has 1 saturated heterocycles. The van der Waals surface area contributed by atoms with Gasteiger partial charge in [-0.15, -0.1) is 0 Å². The van der Waals surface area contributed by atoms with E-state index in [4.69, 9.17) is 5.11 Å². The van der Waals surface area contributed by atoms with Crippen molar-refractivity contribution in [1.29, 1.82) is 0 Å². The molecule has 5 rings (SSSR count). The van der Waals surface area contributed by atoms with E-state index >= 15 is 4.39 Å². The molecular weight excluding hydrogens is 501 g/mol. The molecule has 1 fully saturated rings. The number of nitrogens with one attached hydrogen (secondary N) is 2. The van der Waals surface area contributed by atoms with Crippen molar-refractivity contribution in [2.75, 3.05) is 19.6 Å². The third-order valence-electron chi connectivity index (χ3n) is 7.78. The number of hydrogen-bond acceptors (Lipinski definition) is 5. The largest absolute Gasteiger partial charge is 0.465 e. The monoisotopic (exact) mass is 531 g/mol. The van der Waals surface area contributed by atoms with Gasteiger partial charge in [0.1, 0.15) is 23.6 Å². The molecule has 4 N–H and O–H groups in total. The van der Waals surface area contributed by atoms with Crippen LogP contribution in [0.2, 0.25) is 0 Å². The maximum Gasteiger partial charge on any atom is 0.405 e. The van der Waals surface area contributed by atoms with E-state index in [2.05, 4.69) is 20.3 Å². The van der Waals surface area contributed by atoms with E-state index in [-0.39, 0.29) is 31.1 Å². The molecule has 0 spiro atoms. The molecule has 0 radical (unpaired) electrons. The van der Waals surface area contributed by atoms with Crippen molar-refractivity contribution in [3.8, 4) is 22.3 Å². The highest BCUT2D eigenvalue weighted by Crippen LogP contribution is 2.45. The maximum atomic E-state index is 16.0. The van der Waals surface area contributed by atoms with E-state index in [1.165, 1.54) is 11.0 Å². The zero-order valence-electron chi connectivity index (χ0n) is 21.9. The average Bonchev–Trinajstić information content (AvgIpc) is 3.35. The molecule has 0 aliphatic carbocycles. The smallest absolute Gasteiger partial charge is 0.405 e. The van der Waals surface area contributed by atoms with Crippen LogP contribution in [0.5, 0.6) is 0 Å². The Morgan fingerprint density at radius 2 is 1.90 bits per heavy atom. The highest BCUT2D eigenvalue weighted by molar-refractivity contribution is 6.04. The molecule has 3 aromatic heterocycles. The number of carbonyl (C=O) groups is 2. The van der Waals surface area contributed by atoms with Crippen LogP contribution in [-0.2, 0) is 10.4 Å². The predicted octanol–water partition coefficient (Wildman–Crippen LogP) is 4.31. The number of aromatic amines is 1. The average molecular weight is 532 g/mol. The third-order valence-corrected chi connectivity index (χ3v) is 7.78. The van der Waals surface area contributed by atoms with E-state index in [1.807, 2.05) is 30.5 Å². The number of H-pyrrole nitrogens is 1. The molecule has 9 nitrogen and oxygen atoms in total. The van der Waals surface area contributed by atoms with E-state index in [0.717, 1.165) is 22.1 Å². The van der Waals surface area contributed by atoms with Gasteiger partial charge in [0.2, 0.25) is 5.91 Å². The zero-order valence-corrected chi connectivity index (χ0v) is 21.9. The first-order valence-corrected chi connectivity index (χ1v) is 12.8. The SMILES string of the molecule is Cc1cc(-c2ccnc3[nH]cc(-c4cccnc4)c23)cc(F)c1C1(O)[C@H](C)CN(C(=O)CNC(=O)O)C[C@@H]1C. The maximum absolute atomic E-state index is 16.0. The molecule has 1 aliphatic heterocycles. The van der Waals surface area contributed by atoms with Crippen LogP contribution in [0.3, 0.4) is 0 Å². The van der Waals surface area contributed by atoms with Gasteiger partial charge in [0.15, 0.2) is 0 Å². The van der Waals surface area contributed by atoms with Gasteiger partial charge < -0.3 is 25.4 Å². The zero-order chi connectivity index (χ0) is 27.9. The van der Waals surface area contributed by atoms with E-state index in [0.29, 0.717) is 16.8 Å². The molecule has 0 bridgehead atoms. The summed E-state index contributed by atoms with van der Waals surface area (Å²) in [6.45, 7) is 5.33. The van der Waals surface area contributed by atoms with Crippen molar-refractivity contribution < 1.29 is 24.2 Å². The number of piperidine rings is 1. The fraction of sp³-hybridized carbons (Fsp3) is 0.310. The van der Waals surface area contributed by atoms with Crippen LogP contribution in [0, 0.1) is 24.6 Å². The van der Waals surface area contributed by atoms with Crippen molar-refractivity contribution in [2.45, 2.75) is 26.4 Å². The van der Waals surface area contributed by atoms with Crippen LogP contribution in [0.1, 0.15) is 25.0 Å². The van der Waals surface area contributed by atoms with Crippen LogP contribution in [0.25, 0.3) is 33.3 Å². The Morgan fingerprint density at radius 3 is 2.54 bits per heavy atom. The Labute approximate surface area is 224 Å². The molecule has 1 aliphatic rings. The number of aliphatic hydroxyl groups is 1. The van der Waals surface area contributed by atoms with Crippen LogP contribution in [0.4, 0.5) is 9.18 Å². The minimum Gasteiger partial charge on any atom is -0.465 e. The molecule has 10 heteroatoms. The number of carbonyl (C=O) groups excluding carboxylic acids is 1. The number of aromatic nitrogens is 3. The molecule has 1 unspecified atom stereocenters. The summed E-state index contributed by atoms with van der Waals surface area (Å²) >= 11 is 0. The van der Waals surface area contributed by atoms with Gasteiger partial charge in [0, 0.05) is 71.8 Å². The van der Waals surface area contributed by atoms with Gasteiger partial charge in [-0.05, 0) is 41.8 Å². The molecule has 3 atom stereocenters. The number of benzene rings is 1. The standard InChI is InChI=1S/C29H30FN5O4/c1-16-9-20(21-6-8-32-27-25(21)22(12-33-27)19-5-4-7-31-11-19)10-23(30)26(16)29(39)17(2)14-35(15-18(29)3)24(36)13-34-28(37)38/h4-12,17-18,34,39H,13-15H2,1-3H3,(H,32,33)(H,37,38)/t17-,18+,29?. The Morgan fingerprint density at radius 1 is 1.15 bits per heavy atom. The van der Waals surface area contributed by atoms with Crippen molar-refractivity contribution in [3.05, 3.63) is 72.1 Å². The number of hydrogen-bond donors (Lipinski definition) is 4. The summed E-state index contributed by atoms with van der Waals surface area (Å²) in [6.07, 6.45) is 5.72. The van der Waals surface area contributed by atoms with Crippen molar-refractivity contribution in [1.82, 2.24) is 25.2 Å². The molecule has 202 valence electrons. The summed E-state index contributed by atoms with van der Waals surface area (Å²) in [5, 5.41) is 23.7. The topological polar surface area (TPSA) is 131 Å². The number of halogens is 1. The Balaban J connectivity index is 1.52. The van der Waals surface area contributed by atoms with Gasteiger partial charge in [-0.25, -0.2) is 14.2 Å². The second-order valence-electron chi connectivity index (χ2n) is 10.3. The molecule has 4 aromatic rings. The number of rotatable bonds is 5. The molecule has 39 heavy (non-hydrogen) atoms. The number of likely N-dealkylation sites (tertiary alicyclic amines) is 1. The highest BCUT2D eigenvalue weighted by atomic mass is 19.1. The fourth-order valence-corrected chi connectivity index (χ4v) is 5.91. The first-order valence-electron chi connectivity index (χ1n) is 12.8. The summed E-state index contributed by atoms with van der Waals surface area (Å²) in [5.41, 5.74) is 3.23.